The van der Waals surface area contributed by atoms with Gasteiger partial charge in [0, 0.05) is 23.7 Å². The van der Waals surface area contributed by atoms with Crippen LogP contribution in [0.2, 0.25) is 5.02 Å². The fraction of sp³-hybridized carbons (Fsp3) is 0.0952. The summed E-state index contributed by atoms with van der Waals surface area (Å²) >= 11 is 7.07. The van der Waals surface area contributed by atoms with Crippen LogP contribution in [0, 0.1) is 0 Å². The molecule has 0 radical (unpaired) electrons. The minimum atomic E-state index is -0.420. The minimum absolute atomic E-state index is 0.197. The first-order valence-electron chi connectivity index (χ1n) is 8.26. The zero-order valence-electron chi connectivity index (χ0n) is 15.1. The van der Waals surface area contributed by atoms with E-state index in [4.69, 9.17) is 11.6 Å². The number of ether oxygens (including phenoxy) is 1. The van der Waals surface area contributed by atoms with Crippen LogP contribution >= 0.6 is 22.9 Å². The number of ketones is 1. The van der Waals surface area contributed by atoms with Crippen LogP contribution in [0.1, 0.15) is 26.3 Å². The van der Waals surface area contributed by atoms with Crippen LogP contribution in [-0.4, -0.2) is 23.4 Å². The van der Waals surface area contributed by atoms with Crippen LogP contribution in [-0.2, 0) is 11.8 Å². The maximum atomic E-state index is 12.5. The van der Waals surface area contributed by atoms with Crippen molar-refractivity contribution in [2.45, 2.75) is 0 Å². The van der Waals surface area contributed by atoms with Gasteiger partial charge in [0.1, 0.15) is 4.66 Å². The summed E-state index contributed by atoms with van der Waals surface area (Å²) < 4.78 is 7.14. The third-order valence-electron chi connectivity index (χ3n) is 4.07. The average molecular weight is 414 g/mol. The molecule has 0 bridgehead atoms. The van der Waals surface area contributed by atoms with E-state index in [0.29, 0.717) is 25.3 Å². The van der Waals surface area contributed by atoms with Crippen LogP contribution in [0.5, 0.6) is 0 Å². The van der Waals surface area contributed by atoms with Crippen LogP contribution in [0.3, 0.4) is 0 Å². The van der Waals surface area contributed by atoms with Gasteiger partial charge in [-0.2, -0.15) is 0 Å². The quantitative estimate of drug-likeness (QED) is 0.486. The second kappa shape index (κ2) is 8.37. The summed E-state index contributed by atoms with van der Waals surface area (Å²) in [5, 5.41) is 0.551. The topological polar surface area (TPSA) is 65.4 Å². The molecule has 2 aromatic carbocycles. The Labute approximate surface area is 169 Å². The summed E-state index contributed by atoms with van der Waals surface area (Å²) in [6.07, 6.45) is 3.16. The van der Waals surface area contributed by atoms with E-state index in [1.165, 1.54) is 29.1 Å². The van der Waals surface area contributed by atoms with Gasteiger partial charge >= 0.3 is 5.97 Å². The van der Waals surface area contributed by atoms with Crippen molar-refractivity contribution in [2.24, 2.45) is 7.05 Å². The van der Waals surface area contributed by atoms with Crippen molar-refractivity contribution >= 4 is 46.8 Å². The van der Waals surface area contributed by atoms with Crippen molar-refractivity contribution in [1.29, 1.82) is 0 Å². The third kappa shape index (κ3) is 4.30. The molecule has 28 heavy (non-hydrogen) atoms. The first-order chi connectivity index (χ1) is 13.4. The Morgan fingerprint density at radius 1 is 1.04 bits per heavy atom. The molecule has 0 aliphatic heterocycles. The molecule has 142 valence electrons. The minimum Gasteiger partial charge on any atom is -0.465 e. The van der Waals surface area contributed by atoms with Gasteiger partial charge in [-0.3, -0.25) is 9.59 Å². The van der Waals surface area contributed by atoms with Crippen molar-refractivity contribution in [3.05, 3.63) is 89.8 Å². The van der Waals surface area contributed by atoms with Gasteiger partial charge in [0.25, 0.3) is 5.56 Å². The average Bonchev–Trinajstić information content (AvgIpc) is 2.96. The SMILES string of the molecule is COC(=O)c1ccc(/C=c2\s/c(=C\C(=O)c3ccc(Cl)cc3)n(C)c2=O)cc1. The predicted molar refractivity (Wildman–Crippen MR) is 110 cm³/mol. The molecule has 0 saturated heterocycles. The number of thiazole rings is 1. The lowest BCUT2D eigenvalue weighted by Gasteiger charge is -1.98. The molecule has 3 aromatic rings. The van der Waals surface area contributed by atoms with Gasteiger partial charge in [-0.05, 0) is 48.0 Å². The van der Waals surface area contributed by atoms with E-state index in [2.05, 4.69) is 4.74 Å². The first kappa shape index (κ1) is 19.8. The van der Waals surface area contributed by atoms with Gasteiger partial charge in [-0.25, -0.2) is 4.79 Å². The van der Waals surface area contributed by atoms with Gasteiger partial charge in [0.2, 0.25) is 0 Å². The molecule has 0 fully saturated rings. The highest BCUT2D eigenvalue weighted by molar-refractivity contribution is 7.07. The standard InChI is InChI=1S/C21H16ClNO4S/c1-23-19(12-17(24)14-7-9-16(22)10-8-14)28-18(20(23)25)11-13-3-5-15(6-4-13)21(26)27-2/h3-12H,1-2H3/b18-11-,19-12-. The Morgan fingerprint density at radius 3 is 2.25 bits per heavy atom. The third-order valence-corrected chi connectivity index (χ3v) is 5.44. The van der Waals surface area contributed by atoms with Gasteiger partial charge < -0.3 is 9.30 Å². The van der Waals surface area contributed by atoms with Crippen LogP contribution < -0.4 is 14.8 Å². The molecule has 0 unspecified atom stereocenters. The highest BCUT2D eigenvalue weighted by Crippen LogP contribution is 2.10. The second-order valence-electron chi connectivity index (χ2n) is 5.94. The molecule has 7 heteroatoms. The Bertz CT molecular complexity index is 1210. The molecule has 0 amide bonds. The number of methoxy groups -OCH3 is 1. The lowest BCUT2D eigenvalue weighted by Crippen LogP contribution is -2.29. The fourth-order valence-electron chi connectivity index (χ4n) is 2.50. The zero-order valence-corrected chi connectivity index (χ0v) is 16.7. The van der Waals surface area contributed by atoms with Crippen molar-refractivity contribution in [2.75, 3.05) is 7.11 Å². The second-order valence-corrected chi connectivity index (χ2v) is 7.44. The summed E-state index contributed by atoms with van der Waals surface area (Å²) in [4.78, 5) is 36.4. The first-order valence-corrected chi connectivity index (χ1v) is 9.46. The Hall–Kier alpha value is -2.96. The largest absolute Gasteiger partial charge is 0.465 e. The number of halogens is 1. The van der Waals surface area contributed by atoms with E-state index >= 15 is 0 Å². The molecule has 0 spiro atoms. The summed E-state index contributed by atoms with van der Waals surface area (Å²) in [5.41, 5.74) is 1.50. The van der Waals surface area contributed by atoms with Crippen molar-refractivity contribution < 1.29 is 14.3 Å². The number of Topliss-reactive ketones (excluding diaryl/α,β-unsaturated/α-hetero) is 1. The number of aromatic nitrogens is 1. The monoisotopic (exact) mass is 413 g/mol. The van der Waals surface area contributed by atoms with E-state index in [-0.39, 0.29) is 11.3 Å². The summed E-state index contributed by atoms with van der Waals surface area (Å²) in [6.45, 7) is 0. The molecule has 0 aliphatic rings. The number of esters is 1. The fourth-order valence-corrected chi connectivity index (χ4v) is 3.66. The molecule has 0 aliphatic carbocycles. The Morgan fingerprint density at radius 2 is 1.64 bits per heavy atom. The highest BCUT2D eigenvalue weighted by atomic mass is 35.5. The molecule has 5 nitrogen and oxygen atoms in total. The molecule has 1 aromatic heterocycles. The number of nitrogens with zero attached hydrogens (tertiary/aromatic N) is 1. The molecular formula is C21H16ClNO4S. The molecule has 0 N–H and O–H groups in total. The number of rotatable bonds is 4. The molecule has 1 heterocycles. The lowest BCUT2D eigenvalue weighted by molar-refractivity contribution is 0.0600. The molecule has 3 rings (SSSR count). The molecule has 0 atom stereocenters. The Balaban J connectivity index is 1.98. The smallest absolute Gasteiger partial charge is 0.337 e. The van der Waals surface area contributed by atoms with E-state index in [0.717, 1.165) is 5.56 Å². The van der Waals surface area contributed by atoms with Crippen molar-refractivity contribution in [3.8, 4) is 0 Å². The number of hydrogen-bond donors (Lipinski definition) is 0. The van der Waals surface area contributed by atoms with Crippen LogP contribution in [0.25, 0.3) is 12.2 Å². The normalized spacial score (nSPS) is 12.2. The number of carbonyl (C=O) groups is 2. The highest BCUT2D eigenvalue weighted by Gasteiger charge is 2.07. The van der Waals surface area contributed by atoms with Gasteiger partial charge in [-0.1, -0.05) is 23.7 Å². The van der Waals surface area contributed by atoms with Gasteiger partial charge in [0.15, 0.2) is 5.78 Å². The van der Waals surface area contributed by atoms with Crippen molar-refractivity contribution in [1.82, 2.24) is 4.57 Å². The van der Waals surface area contributed by atoms with Crippen molar-refractivity contribution in [3.63, 3.8) is 0 Å². The molecular weight excluding hydrogens is 398 g/mol. The Kier molecular flexibility index (Phi) is 5.92. The summed E-state index contributed by atoms with van der Waals surface area (Å²) in [6, 6.07) is 13.3. The maximum absolute atomic E-state index is 12.5. The van der Waals surface area contributed by atoms with Gasteiger partial charge in [-0.15, -0.1) is 11.3 Å². The molecule has 0 saturated carbocycles. The summed E-state index contributed by atoms with van der Waals surface area (Å²) in [7, 11) is 2.94. The maximum Gasteiger partial charge on any atom is 0.337 e. The van der Waals surface area contributed by atoms with Crippen LogP contribution in [0.4, 0.5) is 0 Å². The number of benzene rings is 2. The lowest BCUT2D eigenvalue weighted by atomic mass is 10.1. The van der Waals surface area contributed by atoms with E-state index in [1.54, 1.807) is 61.7 Å². The van der Waals surface area contributed by atoms with E-state index in [9.17, 15) is 14.4 Å². The van der Waals surface area contributed by atoms with E-state index in [1.807, 2.05) is 0 Å². The number of hydrogen-bond acceptors (Lipinski definition) is 5. The number of carbonyl (C=O) groups excluding carboxylic acids is 2. The van der Waals surface area contributed by atoms with E-state index < -0.39 is 5.97 Å². The summed E-state index contributed by atoms with van der Waals surface area (Å²) in [5.74, 6) is -0.626. The zero-order chi connectivity index (χ0) is 20.3. The van der Waals surface area contributed by atoms with Crippen LogP contribution in [0.15, 0.2) is 53.3 Å². The predicted octanol–water partition coefficient (Wildman–Crippen LogP) is 2.38. The van der Waals surface area contributed by atoms with Gasteiger partial charge in [0.05, 0.1) is 17.2 Å².